The minimum absolute atomic E-state index is 0.00265. The Morgan fingerprint density at radius 1 is 1.12 bits per heavy atom. The van der Waals surface area contributed by atoms with Crippen LogP contribution in [0.3, 0.4) is 0 Å². The van der Waals surface area contributed by atoms with Crippen LogP contribution in [-0.2, 0) is 19.1 Å². The summed E-state index contributed by atoms with van der Waals surface area (Å²) in [7, 11) is 1.30. The number of amides is 1. The summed E-state index contributed by atoms with van der Waals surface area (Å²) in [6.45, 7) is 11.2. The second-order valence-electron chi connectivity index (χ2n) is 6.55. The normalized spacial score (nSPS) is 13.0. The molecule has 26 heavy (non-hydrogen) atoms. The summed E-state index contributed by atoms with van der Waals surface area (Å²) < 4.78 is 4.85. The van der Waals surface area contributed by atoms with Crippen molar-refractivity contribution in [3.05, 3.63) is 28.8 Å². The number of benzene rings is 1. The van der Waals surface area contributed by atoms with E-state index in [1.165, 1.54) is 12.0 Å². The lowest BCUT2D eigenvalue weighted by molar-refractivity contribution is -0.142. The molecular weight excluding hydrogens is 350 g/mol. The van der Waals surface area contributed by atoms with Gasteiger partial charge < -0.3 is 4.74 Å². The van der Waals surface area contributed by atoms with Gasteiger partial charge in [-0.2, -0.15) is 0 Å². The molecule has 2 atom stereocenters. The molecule has 0 heterocycles. The first-order chi connectivity index (χ1) is 12.1. The maximum Gasteiger partial charge on any atom is 0.328 e. The molecule has 2 unspecified atom stereocenters. The van der Waals surface area contributed by atoms with Gasteiger partial charge in [-0.25, -0.2) is 4.79 Å². The van der Waals surface area contributed by atoms with E-state index in [0.717, 1.165) is 34.9 Å². The Hall–Kier alpha value is -1.82. The Kier molecular flexibility index (Phi) is 8.34. The molecule has 0 N–H and O–H groups in total. The Morgan fingerprint density at radius 3 is 2.23 bits per heavy atom. The first-order valence-electron chi connectivity index (χ1n) is 8.78. The van der Waals surface area contributed by atoms with E-state index in [2.05, 4.69) is 0 Å². The number of rotatable bonds is 7. The van der Waals surface area contributed by atoms with Crippen LogP contribution in [-0.4, -0.2) is 35.9 Å². The number of thioether (sulfide) groups is 1. The van der Waals surface area contributed by atoms with Gasteiger partial charge in [0.25, 0.3) is 0 Å². The van der Waals surface area contributed by atoms with Crippen LogP contribution in [0.1, 0.15) is 43.9 Å². The van der Waals surface area contributed by atoms with Gasteiger partial charge in [0.1, 0.15) is 6.04 Å². The third kappa shape index (κ3) is 5.10. The van der Waals surface area contributed by atoms with E-state index in [-0.39, 0.29) is 22.7 Å². The highest BCUT2D eigenvalue weighted by Gasteiger charge is 2.31. The van der Waals surface area contributed by atoms with Gasteiger partial charge in [-0.1, -0.05) is 37.7 Å². The van der Waals surface area contributed by atoms with Crippen LogP contribution in [0.4, 0.5) is 5.69 Å². The van der Waals surface area contributed by atoms with Crippen molar-refractivity contribution >= 4 is 34.4 Å². The Bertz CT molecular complexity index is 687. The highest BCUT2D eigenvalue weighted by Crippen LogP contribution is 2.30. The molecule has 0 saturated carbocycles. The molecule has 1 aromatic carbocycles. The molecule has 5 nitrogen and oxygen atoms in total. The number of ether oxygens (including phenoxy) is 1. The number of aryl methyl sites for hydroxylation is 2. The topological polar surface area (TPSA) is 63.7 Å². The molecule has 0 bridgehead atoms. The summed E-state index contributed by atoms with van der Waals surface area (Å²) in [4.78, 5) is 38.7. The summed E-state index contributed by atoms with van der Waals surface area (Å²) in [5.74, 6) is -0.864. The van der Waals surface area contributed by atoms with E-state index < -0.39 is 12.0 Å². The molecular formula is C20H29NO4S. The molecule has 144 valence electrons. The van der Waals surface area contributed by atoms with Crippen molar-refractivity contribution in [2.24, 2.45) is 5.92 Å². The molecule has 0 aliphatic heterocycles. The number of esters is 1. The molecule has 1 aromatic rings. The summed E-state index contributed by atoms with van der Waals surface area (Å²) in [6, 6.07) is 3.14. The molecule has 0 aromatic heterocycles. The maximum atomic E-state index is 13.0. The van der Waals surface area contributed by atoms with Crippen molar-refractivity contribution in [2.75, 3.05) is 17.8 Å². The number of carbonyl (C=O) groups is 3. The summed E-state index contributed by atoms with van der Waals surface area (Å²) in [6.07, 6.45) is 0.735. The largest absolute Gasteiger partial charge is 0.467 e. The van der Waals surface area contributed by atoms with E-state index in [1.54, 1.807) is 6.92 Å². The number of carbonyl (C=O) groups excluding carboxylic acids is 3. The van der Waals surface area contributed by atoms with Gasteiger partial charge in [0.05, 0.1) is 18.6 Å². The van der Waals surface area contributed by atoms with Crippen LogP contribution < -0.4 is 4.90 Å². The van der Waals surface area contributed by atoms with Crippen LogP contribution in [0.15, 0.2) is 12.1 Å². The third-order valence-corrected chi connectivity index (χ3v) is 5.77. The van der Waals surface area contributed by atoms with Crippen LogP contribution in [0, 0.1) is 26.7 Å². The average molecular weight is 380 g/mol. The van der Waals surface area contributed by atoms with E-state index in [9.17, 15) is 14.4 Å². The zero-order valence-electron chi connectivity index (χ0n) is 16.7. The maximum absolute atomic E-state index is 13.0. The third-order valence-electron chi connectivity index (χ3n) is 4.70. The van der Waals surface area contributed by atoms with Crippen LogP contribution >= 0.6 is 11.8 Å². The van der Waals surface area contributed by atoms with Crippen molar-refractivity contribution in [3.63, 3.8) is 0 Å². The SMILES string of the molecule is CCC(C)C(=O)SCC(=O)N(c1c(C)ccc(C)c1C)C(C)C(=O)OC. The Balaban J connectivity index is 3.23. The summed E-state index contributed by atoms with van der Waals surface area (Å²) in [5, 5.41) is -0.00999. The van der Waals surface area contributed by atoms with Crippen LogP contribution in [0.2, 0.25) is 0 Å². The summed E-state index contributed by atoms with van der Waals surface area (Å²) in [5.41, 5.74) is 3.58. The predicted molar refractivity (Wildman–Crippen MR) is 107 cm³/mol. The zero-order chi connectivity index (χ0) is 20.0. The van der Waals surface area contributed by atoms with Gasteiger partial charge in [-0.3, -0.25) is 14.5 Å². The van der Waals surface area contributed by atoms with E-state index in [0.29, 0.717) is 5.69 Å². The smallest absolute Gasteiger partial charge is 0.328 e. The molecule has 0 spiro atoms. The van der Waals surface area contributed by atoms with Crippen molar-refractivity contribution in [3.8, 4) is 0 Å². The minimum atomic E-state index is -0.772. The standard InChI is InChI=1S/C20H29NO4S/c1-8-12(2)20(24)26-11-17(22)21(16(6)19(23)25-7)18-14(4)10-9-13(3)15(18)5/h9-10,12,16H,8,11H2,1-7H3. The van der Waals surface area contributed by atoms with E-state index in [4.69, 9.17) is 4.74 Å². The van der Waals surface area contributed by atoms with Gasteiger partial charge in [-0.05, 0) is 50.8 Å². The second kappa shape index (κ2) is 9.76. The monoisotopic (exact) mass is 379 g/mol. The molecule has 1 rings (SSSR count). The fourth-order valence-electron chi connectivity index (χ4n) is 2.63. The highest BCUT2D eigenvalue weighted by molar-refractivity contribution is 8.14. The van der Waals surface area contributed by atoms with Crippen molar-refractivity contribution in [2.45, 2.75) is 54.0 Å². The molecule has 0 aliphatic carbocycles. The minimum Gasteiger partial charge on any atom is -0.467 e. The zero-order valence-corrected chi connectivity index (χ0v) is 17.5. The number of nitrogens with zero attached hydrogens (tertiary/aromatic N) is 1. The molecule has 6 heteroatoms. The number of hydrogen-bond donors (Lipinski definition) is 0. The van der Waals surface area contributed by atoms with Gasteiger partial charge in [0.15, 0.2) is 5.12 Å². The first-order valence-corrected chi connectivity index (χ1v) is 9.77. The Labute approximate surface area is 160 Å². The molecule has 0 radical (unpaired) electrons. The molecule has 0 aliphatic rings. The fourth-order valence-corrected chi connectivity index (χ4v) is 3.48. The van der Waals surface area contributed by atoms with Gasteiger partial charge in [0, 0.05) is 5.92 Å². The number of anilines is 1. The van der Waals surface area contributed by atoms with Gasteiger partial charge >= 0.3 is 5.97 Å². The van der Waals surface area contributed by atoms with Crippen molar-refractivity contribution in [1.29, 1.82) is 0 Å². The lowest BCUT2D eigenvalue weighted by atomic mass is 10.0. The molecule has 0 saturated heterocycles. The van der Waals surface area contributed by atoms with Crippen molar-refractivity contribution in [1.82, 2.24) is 0 Å². The van der Waals surface area contributed by atoms with E-state index >= 15 is 0 Å². The predicted octanol–water partition coefficient (Wildman–Crippen LogP) is 3.81. The lowest BCUT2D eigenvalue weighted by Crippen LogP contribution is -2.46. The van der Waals surface area contributed by atoms with Crippen LogP contribution in [0.5, 0.6) is 0 Å². The molecule has 0 fully saturated rings. The number of hydrogen-bond acceptors (Lipinski definition) is 5. The highest BCUT2D eigenvalue weighted by atomic mass is 32.2. The Morgan fingerprint density at radius 2 is 1.69 bits per heavy atom. The summed E-state index contributed by atoms with van der Waals surface area (Å²) >= 11 is 1.01. The van der Waals surface area contributed by atoms with Gasteiger partial charge in [-0.15, -0.1) is 0 Å². The first kappa shape index (κ1) is 22.2. The van der Waals surface area contributed by atoms with Crippen molar-refractivity contribution < 1.29 is 19.1 Å². The quantitative estimate of drug-likeness (QED) is 0.674. The molecule has 1 amide bonds. The second-order valence-corrected chi connectivity index (χ2v) is 7.53. The average Bonchev–Trinajstić information content (AvgIpc) is 2.63. The lowest BCUT2D eigenvalue weighted by Gasteiger charge is -2.31. The van der Waals surface area contributed by atoms with Crippen LogP contribution in [0.25, 0.3) is 0 Å². The van der Waals surface area contributed by atoms with Gasteiger partial charge in [0.2, 0.25) is 5.91 Å². The number of methoxy groups -OCH3 is 1. The fraction of sp³-hybridized carbons (Fsp3) is 0.550. The van der Waals surface area contributed by atoms with E-state index in [1.807, 2.05) is 46.8 Å².